The highest BCUT2D eigenvalue weighted by Crippen LogP contribution is 2.12. The lowest BCUT2D eigenvalue weighted by Gasteiger charge is -1.99. The number of hydrogen-bond acceptors (Lipinski definition) is 1. The van der Waals surface area contributed by atoms with Crippen LogP contribution in [0.15, 0.2) is 18.3 Å². The van der Waals surface area contributed by atoms with E-state index in [1.807, 2.05) is 6.20 Å². The van der Waals surface area contributed by atoms with Crippen LogP contribution < -0.4 is 0 Å². The summed E-state index contributed by atoms with van der Waals surface area (Å²) in [6.07, 6.45) is 1.98. The van der Waals surface area contributed by atoms with Crippen LogP contribution in [0.2, 0.25) is 0 Å². The second-order valence-electron chi connectivity index (χ2n) is 3.27. The lowest BCUT2D eigenvalue weighted by atomic mass is 10.2. The highest BCUT2D eigenvalue weighted by Gasteiger charge is 2.02. The Morgan fingerprint density at radius 1 is 1.38 bits per heavy atom. The van der Waals surface area contributed by atoms with E-state index in [4.69, 9.17) is 11.6 Å². The van der Waals surface area contributed by atoms with Crippen molar-refractivity contribution in [1.82, 2.24) is 9.38 Å². The molecule has 0 atom stereocenters. The number of imidazole rings is 1. The number of fused-ring (bicyclic) bond motifs is 1. The van der Waals surface area contributed by atoms with Gasteiger partial charge in [0.15, 0.2) is 0 Å². The van der Waals surface area contributed by atoms with Crippen molar-refractivity contribution in [2.75, 3.05) is 0 Å². The molecule has 0 spiro atoms. The van der Waals surface area contributed by atoms with Crippen molar-refractivity contribution in [2.24, 2.45) is 0 Å². The number of aryl methyl sites for hydroxylation is 2. The minimum atomic E-state index is 0.472. The number of nitrogens with zero attached hydrogens (tertiary/aromatic N) is 2. The standard InChI is InChI=1S/C10H11ClN2/c1-7-3-8(2)13-6-9(5-11)12-10(13)4-7/h3-4,6H,5H2,1-2H3. The van der Waals surface area contributed by atoms with Gasteiger partial charge in [0.25, 0.3) is 0 Å². The molecule has 2 aromatic rings. The minimum Gasteiger partial charge on any atom is -0.304 e. The number of aromatic nitrogens is 2. The average Bonchev–Trinajstić information content (AvgIpc) is 2.47. The molecule has 2 aromatic heterocycles. The molecule has 2 nitrogen and oxygen atoms in total. The van der Waals surface area contributed by atoms with Crippen molar-refractivity contribution in [2.45, 2.75) is 19.7 Å². The van der Waals surface area contributed by atoms with Crippen molar-refractivity contribution >= 4 is 17.2 Å². The SMILES string of the molecule is Cc1cc(C)n2cc(CCl)nc2c1. The molecule has 0 amide bonds. The Bertz CT molecular complexity index is 445. The number of pyridine rings is 1. The Balaban J connectivity index is 2.75. The van der Waals surface area contributed by atoms with Gasteiger partial charge >= 0.3 is 0 Å². The van der Waals surface area contributed by atoms with E-state index in [0.29, 0.717) is 5.88 Å². The van der Waals surface area contributed by atoms with Gasteiger partial charge in [-0.3, -0.25) is 0 Å². The van der Waals surface area contributed by atoms with Crippen LogP contribution in [0.5, 0.6) is 0 Å². The Morgan fingerprint density at radius 2 is 2.15 bits per heavy atom. The molecule has 0 aliphatic rings. The zero-order valence-corrected chi connectivity index (χ0v) is 8.47. The van der Waals surface area contributed by atoms with E-state index in [9.17, 15) is 0 Å². The molecule has 0 aromatic carbocycles. The molecule has 3 heteroatoms. The van der Waals surface area contributed by atoms with Gasteiger partial charge in [-0.1, -0.05) is 0 Å². The van der Waals surface area contributed by atoms with Crippen LogP contribution in [-0.4, -0.2) is 9.38 Å². The van der Waals surface area contributed by atoms with E-state index in [1.54, 1.807) is 0 Å². The number of alkyl halides is 1. The first kappa shape index (κ1) is 8.57. The molecule has 0 unspecified atom stereocenters. The van der Waals surface area contributed by atoms with Crippen LogP contribution in [0.3, 0.4) is 0 Å². The molecule has 0 bridgehead atoms. The van der Waals surface area contributed by atoms with E-state index in [0.717, 1.165) is 11.3 Å². The van der Waals surface area contributed by atoms with Crippen LogP contribution in [-0.2, 0) is 5.88 Å². The lowest BCUT2D eigenvalue weighted by molar-refractivity contribution is 1.08. The first-order valence-electron chi connectivity index (χ1n) is 4.22. The lowest BCUT2D eigenvalue weighted by Crippen LogP contribution is -1.89. The van der Waals surface area contributed by atoms with Gasteiger partial charge in [-0.2, -0.15) is 0 Å². The molecule has 68 valence electrons. The molecule has 2 rings (SSSR count). The topological polar surface area (TPSA) is 17.3 Å². The summed E-state index contributed by atoms with van der Waals surface area (Å²) < 4.78 is 2.06. The Labute approximate surface area is 82.2 Å². The summed E-state index contributed by atoms with van der Waals surface area (Å²) in [7, 11) is 0. The van der Waals surface area contributed by atoms with Gasteiger partial charge in [0.1, 0.15) is 5.65 Å². The minimum absolute atomic E-state index is 0.472. The maximum atomic E-state index is 5.71. The smallest absolute Gasteiger partial charge is 0.137 e. The van der Waals surface area contributed by atoms with E-state index in [2.05, 4.69) is 35.4 Å². The zero-order chi connectivity index (χ0) is 9.42. The average molecular weight is 195 g/mol. The number of hydrogen-bond donors (Lipinski definition) is 0. The Morgan fingerprint density at radius 3 is 2.85 bits per heavy atom. The summed E-state index contributed by atoms with van der Waals surface area (Å²) in [5, 5.41) is 0. The summed E-state index contributed by atoms with van der Waals surface area (Å²) in [5.41, 5.74) is 4.33. The van der Waals surface area contributed by atoms with Crippen LogP contribution in [0, 0.1) is 13.8 Å². The molecular formula is C10H11ClN2. The molecule has 0 fully saturated rings. The molecule has 2 heterocycles. The van der Waals surface area contributed by atoms with E-state index in [1.165, 1.54) is 11.3 Å². The summed E-state index contributed by atoms with van der Waals surface area (Å²) in [6.45, 7) is 4.14. The van der Waals surface area contributed by atoms with Gasteiger partial charge in [0.2, 0.25) is 0 Å². The third kappa shape index (κ3) is 1.42. The van der Waals surface area contributed by atoms with Crippen LogP contribution in [0.25, 0.3) is 5.65 Å². The fraction of sp³-hybridized carbons (Fsp3) is 0.300. The van der Waals surface area contributed by atoms with E-state index >= 15 is 0 Å². The third-order valence-corrected chi connectivity index (χ3v) is 2.37. The maximum absolute atomic E-state index is 5.71. The Hall–Kier alpha value is -1.02. The predicted molar refractivity (Wildman–Crippen MR) is 54.2 cm³/mol. The van der Waals surface area contributed by atoms with Crippen molar-refractivity contribution < 1.29 is 0 Å². The highest BCUT2D eigenvalue weighted by atomic mass is 35.5. The summed E-state index contributed by atoms with van der Waals surface area (Å²) in [5.74, 6) is 0.472. The molecule has 13 heavy (non-hydrogen) atoms. The largest absolute Gasteiger partial charge is 0.304 e. The van der Waals surface area contributed by atoms with Gasteiger partial charge in [0, 0.05) is 11.9 Å². The fourth-order valence-electron chi connectivity index (χ4n) is 1.54. The first-order chi connectivity index (χ1) is 6.20. The normalized spacial score (nSPS) is 11.0. The molecule has 0 radical (unpaired) electrons. The summed E-state index contributed by atoms with van der Waals surface area (Å²) >= 11 is 5.71. The van der Waals surface area contributed by atoms with Crippen molar-refractivity contribution in [1.29, 1.82) is 0 Å². The second-order valence-corrected chi connectivity index (χ2v) is 3.54. The van der Waals surface area contributed by atoms with Crippen LogP contribution >= 0.6 is 11.6 Å². The molecule has 0 saturated carbocycles. The first-order valence-corrected chi connectivity index (χ1v) is 4.75. The van der Waals surface area contributed by atoms with Gasteiger partial charge in [-0.15, -0.1) is 11.6 Å². The van der Waals surface area contributed by atoms with Gasteiger partial charge < -0.3 is 4.40 Å². The second kappa shape index (κ2) is 3.04. The fourth-order valence-corrected chi connectivity index (χ4v) is 1.67. The zero-order valence-electron chi connectivity index (χ0n) is 7.71. The molecule has 0 N–H and O–H groups in total. The molecular weight excluding hydrogens is 184 g/mol. The van der Waals surface area contributed by atoms with Gasteiger partial charge in [-0.05, 0) is 31.5 Å². The van der Waals surface area contributed by atoms with Gasteiger partial charge in [-0.25, -0.2) is 4.98 Å². The summed E-state index contributed by atoms with van der Waals surface area (Å²) in [4.78, 5) is 4.38. The maximum Gasteiger partial charge on any atom is 0.137 e. The van der Waals surface area contributed by atoms with E-state index in [-0.39, 0.29) is 0 Å². The molecule has 0 aliphatic carbocycles. The quantitative estimate of drug-likeness (QED) is 0.638. The highest BCUT2D eigenvalue weighted by molar-refractivity contribution is 6.16. The van der Waals surface area contributed by atoms with Crippen LogP contribution in [0.1, 0.15) is 17.0 Å². The summed E-state index contributed by atoms with van der Waals surface area (Å²) in [6, 6.07) is 4.19. The third-order valence-electron chi connectivity index (χ3n) is 2.09. The van der Waals surface area contributed by atoms with Crippen molar-refractivity contribution in [3.05, 3.63) is 35.3 Å². The predicted octanol–water partition coefficient (Wildman–Crippen LogP) is 2.69. The van der Waals surface area contributed by atoms with Crippen molar-refractivity contribution in [3.63, 3.8) is 0 Å². The monoisotopic (exact) mass is 194 g/mol. The van der Waals surface area contributed by atoms with Crippen molar-refractivity contribution in [3.8, 4) is 0 Å². The number of halogens is 1. The van der Waals surface area contributed by atoms with E-state index < -0.39 is 0 Å². The Kier molecular flexibility index (Phi) is 2.00. The molecule has 0 aliphatic heterocycles. The molecule has 0 saturated heterocycles. The number of rotatable bonds is 1. The van der Waals surface area contributed by atoms with Crippen LogP contribution in [0.4, 0.5) is 0 Å². The van der Waals surface area contributed by atoms with Gasteiger partial charge in [0.05, 0.1) is 11.6 Å².